The maximum Gasteiger partial charge on any atom is 0.298 e. The number of hydrogen-bond donors (Lipinski definition) is 1. The smallest absolute Gasteiger partial charge is 0.298 e. The predicted octanol–water partition coefficient (Wildman–Crippen LogP) is 2.76. The molecule has 1 unspecified atom stereocenters. The largest absolute Gasteiger partial charge is 0.538 e. The van der Waals surface area contributed by atoms with Gasteiger partial charge in [-0.1, -0.05) is 6.92 Å². The number of carbonyl (C=O) groups is 1. The van der Waals surface area contributed by atoms with Crippen LogP contribution >= 0.6 is 11.8 Å². The Bertz CT molecular complexity index is 1100. The van der Waals surface area contributed by atoms with Crippen molar-refractivity contribution in [2.24, 2.45) is 0 Å². The van der Waals surface area contributed by atoms with Crippen LogP contribution in [0.2, 0.25) is 0 Å². The number of non-ortho nitro benzene ring substituents is 1. The van der Waals surface area contributed by atoms with Crippen molar-refractivity contribution < 1.29 is 28.8 Å². The third-order valence-electron chi connectivity index (χ3n) is 4.49. The summed E-state index contributed by atoms with van der Waals surface area (Å²) >= 11 is 1.04. The number of aryl methyl sites for hydroxylation is 1. The monoisotopic (exact) mass is 444 g/mol. The average molecular weight is 444 g/mol. The zero-order chi connectivity index (χ0) is 22.5. The lowest BCUT2D eigenvalue weighted by Crippen LogP contribution is -2.36. The fraction of sp³-hybridized carbons (Fsp3) is 0.250. The number of nitrogens with zero attached hydrogens (tertiary/aromatic N) is 3. The van der Waals surface area contributed by atoms with E-state index in [2.05, 4.69) is 10.6 Å². The summed E-state index contributed by atoms with van der Waals surface area (Å²) in [5, 5.41) is 29.2. The molecule has 0 aliphatic heterocycles. The van der Waals surface area contributed by atoms with Crippen molar-refractivity contribution in [2.75, 3.05) is 12.4 Å². The zero-order valence-electron chi connectivity index (χ0n) is 17.0. The number of hydrogen-bond acceptors (Lipinski definition) is 8. The molecule has 1 N–H and O–H groups in total. The Labute approximate surface area is 181 Å². The van der Waals surface area contributed by atoms with E-state index in [9.17, 15) is 20.0 Å². The number of anilines is 1. The summed E-state index contributed by atoms with van der Waals surface area (Å²) in [6.07, 6.45) is 0.426. The quantitative estimate of drug-likeness (QED) is 0.243. The summed E-state index contributed by atoms with van der Waals surface area (Å²) in [6, 6.07) is 11.1. The Morgan fingerprint density at radius 3 is 2.61 bits per heavy atom. The van der Waals surface area contributed by atoms with Crippen LogP contribution in [0.15, 0.2) is 52.0 Å². The highest BCUT2D eigenvalue weighted by Gasteiger charge is 2.28. The first-order valence-electron chi connectivity index (χ1n) is 9.30. The molecule has 0 saturated carbocycles. The molecular weight excluding hydrogens is 424 g/mol. The van der Waals surface area contributed by atoms with Gasteiger partial charge in [0, 0.05) is 30.0 Å². The first kappa shape index (κ1) is 22.1. The molecule has 0 spiro atoms. The molecule has 0 saturated heterocycles. The van der Waals surface area contributed by atoms with Crippen LogP contribution in [0.1, 0.15) is 18.9 Å². The Morgan fingerprint density at radius 2 is 2.03 bits per heavy atom. The second-order valence-electron chi connectivity index (χ2n) is 6.54. The molecule has 1 amide bonds. The molecule has 0 aliphatic rings. The summed E-state index contributed by atoms with van der Waals surface area (Å²) in [6.45, 7) is 3.49. The number of amides is 1. The molecule has 10 nitrogen and oxygen atoms in total. The van der Waals surface area contributed by atoms with Gasteiger partial charge < -0.3 is 19.7 Å². The maximum atomic E-state index is 12.8. The zero-order valence-corrected chi connectivity index (χ0v) is 17.8. The lowest BCUT2D eigenvalue weighted by atomic mass is 10.1. The van der Waals surface area contributed by atoms with Crippen molar-refractivity contribution in [1.82, 2.24) is 5.27 Å². The van der Waals surface area contributed by atoms with Crippen molar-refractivity contribution in [1.29, 1.82) is 0 Å². The van der Waals surface area contributed by atoms with Crippen LogP contribution in [-0.4, -0.2) is 28.5 Å². The van der Waals surface area contributed by atoms with Gasteiger partial charge in [0.1, 0.15) is 5.75 Å². The van der Waals surface area contributed by atoms with Gasteiger partial charge in [0.2, 0.25) is 11.6 Å². The van der Waals surface area contributed by atoms with Crippen molar-refractivity contribution >= 4 is 29.0 Å². The highest BCUT2D eigenvalue weighted by molar-refractivity contribution is 8.00. The number of nitrogens with one attached hydrogen (secondary N) is 1. The molecule has 1 atom stereocenters. The summed E-state index contributed by atoms with van der Waals surface area (Å²) in [5.74, 6) is -0.349. The van der Waals surface area contributed by atoms with Gasteiger partial charge >= 0.3 is 0 Å². The van der Waals surface area contributed by atoms with Gasteiger partial charge in [0.25, 0.3) is 10.7 Å². The van der Waals surface area contributed by atoms with E-state index in [0.29, 0.717) is 29.1 Å². The average Bonchev–Trinajstić information content (AvgIpc) is 3.13. The highest BCUT2D eigenvalue weighted by Crippen LogP contribution is 2.30. The molecule has 3 aromatic rings. The van der Waals surface area contributed by atoms with E-state index in [1.165, 1.54) is 22.9 Å². The lowest BCUT2D eigenvalue weighted by Gasteiger charge is -2.14. The van der Waals surface area contributed by atoms with Gasteiger partial charge in [-0.25, -0.2) is 0 Å². The predicted molar refractivity (Wildman–Crippen MR) is 110 cm³/mol. The second-order valence-corrected chi connectivity index (χ2v) is 7.73. The second kappa shape index (κ2) is 9.47. The topological polar surface area (TPSA) is 134 Å². The van der Waals surface area contributed by atoms with Gasteiger partial charge in [-0.05, 0) is 53.6 Å². The third kappa shape index (κ3) is 4.94. The van der Waals surface area contributed by atoms with E-state index in [0.717, 1.165) is 11.8 Å². The summed E-state index contributed by atoms with van der Waals surface area (Å²) < 4.78 is 11.3. The van der Waals surface area contributed by atoms with Crippen molar-refractivity contribution in [2.45, 2.75) is 30.5 Å². The number of nitro benzene ring substituents is 1. The molecular formula is C20H20N4O6S. The van der Waals surface area contributed by atoms with Crippen LogP contribution in [0.3, 0.4) is 0 Å². The van der Waals surface area contributed by atoms with E-state index in [-0.39, 0.29) is 16.6 Å². The minimum absolute atomic E-state index is 0.0575. The van der Waals surface area contributed by atoms with Crippen LogP contribution in [-0.2, 0) is 4.79 Å². The first-order valence-corrected chi connectivity index (χ1v) is 10.2. The van der Waals surface area contributed by atoms with Crippen molar-refractivity contribution in [3.05, 3.63) is 58.1 Å². The van der Waals surface area contributed by atoms with Crippen LogP contribution in [0.5, 0.6) is 11.7 Å². The van der Waals surface area contributed by atoms with Gasteiger partial charge in [-0.15, -0.1) is 0 Å². The molecule has 0 radical (unpaired) electrons. The molecule has 0 fully saturated rings. The number of nitro groups is 1. The summed E-state index contributed by atoms with van der Waals surface area (Å²) in [4.78, 5) is 23.2. The van der Waals surface area contributed by atoms with Crippen LogP contribution in [0, 0.1) is 17.0 Å². The number of methoxy groups -OCH3 is 1. The van der Waals surface area contributed by atoms with E-state index >= 15 is 0 Å². The number of ether oxygens (including phenoxy) is 1. The highest BCUT2D eigenvalue weighted by atomic mass is 32.2. The van der Waals surface area contributed by atoms with Gasteiger partial charge in [0.05, 0.1) is 22.6 Å². The number of carbonyl (C=O) groups excluding carboxylic acids is 1. The number of thioether (sulfide) groups is 1. The molecule has 1 heterocycles. The molecule has 11 heteroatoms. The Kier molecular flexibility index (Phi) is 6.75. The molecule has 0 aliphatic carbocycles. The fourth-order valence-electron chi connectivity index (χ4n) is 2.80. The first-order chi connectivity index (χ1) is 14.8. The van der Waals surface area contributed by atoms with Crippen LogP contribution in [0.25, 0.3) is 5.69 Å². The summed E-state index contributed by atoms with van der Waals surface area (Å²) in [5.41, 5.74) is 1.55. The molecule has 0 bridgehead atoms. The van der Waals surface area contributed by atoms with Gasteiger partial charge in [0.15, 0.2) is 5.95 Å². The van der Waals surface area contributed by atoms with Crippen LogP contribution in [0.4, 0.5) is 11.4 Å². The molecule has 31 heavy (non-hydrogen) atoms. The number of rotatable bonds is 8. The standard InChI is InChI=1S/C20H20N4O6S/c1-4-17(18(25)21-16-10-7-14(24(27)28)11-12(16)2)31-19-20(26)30-22-23(19)13-5-8-15(29-3)9-6-13/h5-11,17H,4H2,1-3H3,(H-,21,22,25,26). The SMILES string of the molecule is CCC(Sc1c([O-])on[n+]1-c1ccc(OC)cc1)C(=O)Nc1ccc([N+](=O)[O-])cc1C. The molecule has 1 aromatic heterocycles. The van der Waals surface area contributed by atoms with Gasteiger partial charge in [-0.3, -0.25) is 14.9 Å². The Hall–Kier alpha value is -3.60. The Morgan fingerprint density at radius 1 is 1.32 bits per heavy atom. The van der Waals surface area contributed by atoms with E-state index < -0.39 is 16.1 Å². The number of aromatic nitrogens is 2. The summed E-state index contributed by atoms with van der Waals surface area (Å²) in [7, 11) is 1.55. The molecule has 162 valence electrons. The molecule has 2 aromatic carbocycles. The maximum absolute atomic E-state index is 12.8. The Balaban J connectivity index is 1.80. The minimum atomic E-state index is -0.654. The lowest BCUT2D eigenvalue weighted by molar-refractivity contribution is -0.705. The van der Waals surface area contributed by atoms with Crippen molar-refractivity contribution in [3.8, 4) is 17.4 Å². The number of benzene rings is 2. The van der Waals surface area contributed by atoms with E-state index in [1.807, 2.05) is 6.92 Å². The van der Waals surface area contributed by atoms with E-state index in [4.69, 9.17) is 9.26 Å². The molecule has 3 rings (SSSR count). The fourth-order valence-corrected chi connectivity index (χ4v) is 3.77. The van der Waals surface area contributed by atoms with E-state index in [1.54, 1.807) is 38.3 Å². The third-order valence-corrected chi connectivity index (χ3v) is 5.88. The minimum Gasteiger partial charge on any atom is -0.538 e. The van der Waals surface area contributed by atoms with Crippen molar-refractivity contribution in [3.63, 3.8) is 0 Å². The van der Waals surface area contributed by atoms with Crippen LogP contribution < -0.4 is 19.8 Å². The van der Waals surface area contributed by atoms with Gasteiger partial charge in [-0.2, -0.15) is 0 Å². The normalized spacial score (nSPS) is 11.7.